The molecular formula is C17H22N2O2. The predicted octanol–water partition coefficient (Wildman–Crippen LogP) is 2.48. The Labute approximate surface area is 125 Å². The molecule has 0 amide bonds. The largest absolute Gasteiger partial charge is 0.491 e. The lowest BCUT2D eigenvalue weighted by atomic mass is 10.1. The van der Waals surface area contributed by atoms with Crippen LogP contribution in [-0.4, -0.2) is 29.3 Å². The second kappa shape index (κ2) is 7.76. The Morgan fingerprint density at radius 2 is 2.05 bits per heavy atom. The van der Waals surface area contributed by atoms with Crippen molar-refractivity contribution >= 4 is 0 Å². The van der Waals surface area contributed by atoms with Crippen LogP contribution in [0.2, 0.25) is 0 Å². The smallest absolute Gasteiger partial charge is 0.122 e. The standard InChI is InChI=1S/C17H22N2O2/c1-13-6-3-4-8-17(13)21-12-16(20)11-19-14(2)15-7-5-9-18-10-15/h3-10,14,16,19-20H,11-12H2,1-2H3. The van der Waals surface area contributed by atoms with Gasteiger partial charge in [0.05, 0.1) is 0 Å². The fourth-order valence-corrected chi connectivity index (χ4v) is 2.03. The van der Waals surface area contributed by atoms with Crippen molar-refractivity contribution in [2.24, 2.45) is 0 Å². The van der Waals surface area contributed by atoms with Crippen LogP contribution in [0.5, 0.6) is 5.75 Å². The number of hydrogen-bond acceptors (Lipinski definition) is 4. The third-order valence-corrected chi connectivity index (χ3v) is 3.37. The molecule has 2 aromatic rings. The van der Waals surface area contributed by atoms with Crippen molar-refractivity contribution < 1.29 is 9.84 Å². The maximum atomic E-state index is 9.99. The van der Waals surface area contributed by atoms with Crippen molar-refractivity contribution in [3.05, 3.63) is 59.9 Å². The van der Waals surface area contributed by atoms with E-state index in [-0.39, 0.29) is 12.6 Å². The van der Waals surface area contributed by atoms with Crippen LogP contribution in [0.4, 0.5) is 0 Å². The first-order valence-corrected chi connectivity index (χ1v) is 7.16. The van der Waals surface area contributed by atoms with Crippen molar-refractivity contribution in [1.82, 2.24) is 10.3 Å². The van der Waals surface area contributed by atoms with E-state index in [1.54, 1.807) is 6.20 Å². The highest BCUT2D eigenvalue weighted by Crippen LogP contribution is 2.16. The molecule has 0 saturated heterocycles. The van der Waals surface area contributed by atoms with E-state index in [1.807, 2.05) is 56.4 Å². The lowest BCUT2D eigenvalue weighted by molar-refractivity contribution is 0.104. The van der Waals surface area contributed by atoms with Crippen molar-refractivity contribution in [3.8, 4) is 5.75 Å². The number of ether oxygens (including phenoxy) is 1. The summed E-state index contributed by atoms with van der Waals surface area (Å²) in [4.78, 5) is 4.09. The van der Waals surface area contributed by atoms with E-state index in [0.29, 0.717) is 6.54 Å². The number of aliphatic hydroxyl groups excluding tert-OH is 1. The third-order valence-electron chi connectivity index (χ3n) is 3.37. The molecule has 112 valence electrons. The zero-order valence-corrected chi connectivity index (χ0v) is 12.5. The molecular weight excluding hydrogens is 264 g/mol. The van der Waals surface area contributed by atoms with E-state index >= 15 is 0 Å². The maximum absolute atomic E-state index is 9.99. The number of para-hydroxylation sites is 1. The number of hydrogen-bond donors (Lipinski definition) is 2. The van der Waals surface area contributed by atoms with Gasteiger partial charge in [-0.05, 0) is 37.1 Å². The Bertz CT molecular complexity index is 545. The zero-order valence-electron chi connectivity index (χ0n) is 12.5. The third kappa shape index (κ3) is 4.85. The molecule has 4 nitrogen and oxygen atoms in total. The molecule has 0 spiro atoms. The van der Waals surface area contributed by atoms with Gasteiger partial charge in [-0.25, -0.2) is 0 Å². The minimum absolute atomic E-state index is 0.145. The second-order valence-electron chi connectivity index (χ2n) is 5.15. The quantitative estimate of drug-likeness (QED) is 0.821. The summed E-state index contributed by atoms with van der Waals surface area (Å²) >= 11 is 0. The van der Waals surface area contributed by atoms with Crippen molar-refractivity contribution in [3.63, 3.8) is 0 Å². The van der Waals surface area contributed by atoms with Crippen LogP contribution < -0.4 is 10.1 Å². The normalized spacial score (nSPS) is 13.7. The van der Waals surface area contributed by atoms with Crippen molar-refractivity contribution in [1.29, 1.82) is 0 Å². The first-order chi connectivity index (χ1) is 10.2. The van der Waals surface area contributed by atoms with E-state index in [4.69, 9.17) is 4.74 Å². The van der Waals surface area contributed by atoms with Crippen LogP contribution in [0.15, 0.2) is 48.8 Å². The molecule has 2 rings (SSSR count). The van der Waals surface area contributed by atoms with Gasteiger partial charge in [0.25, 0.3) is 0 Å². The zero-order chi connectivity index (χ0) is 15.1. The van der Waals surface area contributed by atoms with Gasteiger partial charge in [-0.2, -0.15) is 0 Å². The first-order valence-electron chi connectivity index (χ1n) is 7.16. The van der Waals surface area contributed by atoms with E-state index in [1.165, 1.54) is 0 Å². The van der Waals surface area contributed by atoms with Gasteiger partial charge in [0.15, 0.2) is 0 Å². The highest BCUT2D eigenvalue weighted by atomic mass is 16.5. The van der Waals surface area contributed by atoms with Crippen LogP contribution in [0.25, 0.3) is 0 Å². The summed E-state index contributed by atoms with van der Waals surface area (Å²) in [5.74, 6) is 0.817. The molecule has 1 aromatic carbocycles. The van der Waals surface area contributed by atoms with Gasteiger partial charge in [0, 0.05) is 25.0 Å². The highest BCUT2D eigenvalue weighted by molar-refractivity contribution is 5.31. The number of pyridine rings is 1. The summed E-state index contributed by atoms with van der Waals surface area (Å²) < 4.78 is 5.63. The summed E-state index contributed by atoms with van der Waals surface area (Å²) in [6, 6.07) is 11.9. The van der Waals surface area contributed by atoms with E-state index in [2.05, 4.69) is 10.3 Å². The molecule has 21 heavy (non-hydrogen) atoms. The topological polar surface area (TPSA) is 54.4 Å². The second-order valence-corrected chi connectivity index (χ2v) is 5.15. The lowest BCUT2D eigenvalue weighted by Crippen LogP contribution is -2.33. The summed E-state index contributed by atoms with van der Waals surface area (Å²) in [5, 5.41) is 13.3. The maximum Gasteiger partial charge on any atom is 0.122 e. The number of aliphatic hydroxyl groups is 1. The van der Waals surface area contributed by atoms with E-state index in [0.717, 1.165) is 16.9 Å². The minimum Gasteiger partial charge on any atom is -0.491 e. The Morgan fingerprint density at radius 1 is 1.24 bits per heavy atom. The van der Waals surface area contributed by atoms with Crippen LogP contribution in [0.1, 0.15) is 24.1 Å². The molecule has 2 atom stereocenters. The molecule has 4 heteroatoms. The Morgan fingerprint density at radius 3 is 2.76 bits per heavy atom. The first kappa shape index (κ1) is 15.5. The Kier molecular flexibility index (Phi) is 5.72. The molecule has 0 aliphatic heterocycles. The van der Waals surface area contributed by atoms with E-state index in [9.17, 15) is 5.11 Å². The van der Waals surface area contributed by atoms with Crippen molar-refractivity contribution in [2.75, 3.05) is 13.2 Å². The molecule has 0 aliphatic rings. The van der Waals surface area contributed by atoms with Gasteiger partial charge in [0.2, 0.25) is 0 Å². The number of aryl methyl sites for hydroxylation is 1. The molecule has 0 aliphatic carbocycles. The molecule has 2 unspecified atom stereocenters. The predicted molar refractivity (Wildman–Crippen MR) is 83.3 cm³/mol. The van der Waals surface area contributed by atoms with Gasteiger partial charge in [-0.15, -0.1) is 0 Å². The van der Waals surface area contributed by atoms with Gasteiger partial charge in [0.1, 0.15) is 18.5 Å². The van der Waals surface area contributed by atoms with Gasteiger partial charge >= 0.3 is 0 Å². The summed E-state index contributed by atoms with van der Waals surface area (Å²) in [6.45, 7) is 4.79. The number of aromatic nitrogens is 1. The summed E-state index contributed by atoms with van der Waals surface area (Å²) in [7, 11) is 0. The Balaban J connectivity index is 1.75. The Hall–Kier alpha value is -1.91. The SMILES string of the molecule is Cc1ccccc1OCC(O)CNC(C)c1cccnc1. The monoisotopic (exact) mass is 286 g/mol. The number of nitrogens with one attached hydrogen (secondary N) is 1. The van der Waals surface area contributed by atoms with Crippen LogP contribution in [0, 0.1) is 6.92 Å². The number of nitrogens with zero attached hydrogens (tertiary/aromatic N) is 1. The average molecular weight is 286 g/mol. The molecule has 1 aromatic heterocycles. The molecule has 0 fully saturated rings. The van der Waals surface area contributed by atoms with Gasteiger partial charge < -0.3 is 15.2 Å². The molecule has 0 radical (unpaired) electrons. The van der Waals surface area contributed by atoms with Crippen molar-refractivity contribution in [2.45, 2.75) is 26.0 Å². The van der Waals surface area contributed by atoms with E-state index < -0.39 is 6.10 Å². The van der Waals surface area contributed by atoms with Crippen LogP contribution in [0.3, 0.4) is 0 Å². The minimum atomic E-state index is -0.552. The molecule has 2 N–H and O–H groups in total. The van der Waals surface area contributed by atoms with Crippen LogP contribution >= 0.6 is 0 Å². The number of rotatable bonds is 7. The highest BCUT2D eigenvalue weighted by Gasteiger charge is 2.10. The lowest BCUT2D eigenvalue weighted by Gasteiger charge is -2.18. The fraction of sp³-hybridized carbons (Fsp3) is 0.353. The number of benzene rings is 1. The molecule has 0 saturated carbocycles. The molecule has 1 heterocycles. The van der Waals surface area contributed by atoms with Gasteiger partial charge in [-0.3, -0.25) is 4.98 Å². The molecule has 0 bridgehead atoms. The fourth-order valence-electron chi connectivity index (χ4n) is 2.03. The van der Waals surface area contributed by atoms with Crippen LogP contribution in [-0.2, 0) is 0 Å². The average Bonchev–Trinajstić information content (AvgIpc) is 2.52. The summed E-state index contributed by atoms with van der Waals surface area (Å²) in [6.07, 6.45) is 3.03. The summed E-state index contributed by atoms with van der Waals surface area (Å²) in [5.41, 5.74) is 2.17. The van der Waals surface area contributed by atoms with Gasteiger partial charge in [-0.1, -0.05) is 24.3 Å².